The molecule has 2 fully saturated rings. The molecule has 2 aliphatic rings. The zero-order chi connectivity index (χ0) is 25.2. The first kappa shape index (κ1) is 24.2. The Morgan fingerprint density at radius 2 is 1.94 bits per heavy atom. The van der Waals surface area contributed by atoms with Gasteiger partial charge in [-0.05, 0) is 81.6 Å². The summed E-state index contributed by atoms with van der Waals surface area (Å²) in [5, 5.41) is 16.6. The van der Waals surface area contributed by atoms with Crippen LogP contribution in [0, 0.1) is 11.3 Å². The zero-order valence-corrected chi connectivity index (χ0v) is 21.1. The number of likely N-dealkylation sites (tertiary alicyclic amines) is 1. The van der Waals surface area contributed by atoms with Gasteiger partial charge in [0.25, 0.3) is 0 Å². The van der Waals surface area contributed by atoms with Gasteiger partial charge < -0.3 is 25.0 Å². The number of nitrogens with one attached hydrogen (secondary N) is 2. The number of anilines is 1. The van der Waals surface area contributed by atoms with E-state index in [1.54, 1.807) is 31.4 Å². The summed E-state index contributed by atoms with van der Waals surface area (Å²) in [6.07, 6.45) is 4.01. The molecule has 1 aromatic heterocycles. The third-order valence-electron chi connectivity index (χ3n) is 6.74. The number of aromatic nitrogens is 1. The highest BCUT2D eigenvalue weighted by molar-refractivity contribution is 6.33. The number of ether oxygens (including phenoxy) is 2. The second kappa shape index (κ2) is 10.2. The maximum Gasteiger partial charge on any atom is 0.319 e. The van der Waals surface area contributed by atoms with Crippen LogP contribution in [0.15, 0.2) is 36.4 Å². The van der Waals surface area contributed by atoms with Crippen LogP contribution < -0.4 is 20.1 Å². The fourth-order valence-corrected chi connectivity index (χ4v) is 4.76. The summed E-state index contributed by atoms with van der Waals surface area (Å²) in [7, 11) is 3.68. The smallest absolute Gasteiger partial charge is 0.319 e. The average Bonchev–Trinajstić information content (AvgIpc) is 3.69. The van der Waals surface area contributed by atoms with Gasteiger partial charge >= 0.3 is 6.03 Å². The summed E-state index contributed by atoms with van der Waals surface area (Å²) < 4.78 is 11.6. The Labute approximate surface area is 215 Å². The molecule has 2 aromatic carbocycles. The number of halogens is 1. The number of methoxy groups -OCH3 is 1. The van der Waals surface area contributed by atoms with Gasteiger partial charge in [-0.2, -0.15) is 5.26 Å². The number of pyridine rings is 1. The highest BCUT2D eigenvalue weighted by Gasteiger charge is 2.24. The SMILES string of the molecule is COc1cc(Oc2ccc(NC(=O)NC3CC3)c(Cl)c2)c2cc(C#N)c(C3CCN(C)CC3)cc2n1. The molecule has 2 N–H and O–H groups in total. The maximum absolute atomic E-state index is 12.1. The van der Waals surface area contributed by atoms with E-state index in [9.17, 15) is 10.1 Å². The summed E-state index contributed by atoms with van der Waals surface area (Å²) in [6.45, 7) is 2.00. The van der Waals surface area contributed by atoms with Crippen molar-refractivity contribution < 1.29 is 14.3 Å². The van der Waals surface area contributed by atoms with Crippen molar-refractivity contribution in [2.45, 2.75) is 37.6 Å². The Morgan fingerprint density at radius 3 is 2.61 bits per heavy atom. The number of nitriles is 1. The molecule has 3 aromatic rings. The van der Waals surface area contributed by atoms with Gasteiger partial charge in [0.05, 0.1) is 35.0 Å². The second-order valence-electron chi connectivity index (χ2n) is 9.43. The summed E-state index contributed by atoms with van der Waals surface area (Å²) >= 11 is 6.43. The molecule has 2 amide bonds. The number of carbonyl (C=O) groups excluding carboxylic acids is 1. The van der Waals surface area contributed by atoms with Crippen molar-refractivity contribution in [2.24, 2.45) is 0 Å². The molecule has 0 bridgehead atoms. The molecule has 5 rings (SSSR count). The van der Waals surface area contributed by atoms with E-state index in [4.69, 9.17) is 21.1 Å². The van der Waals surface area contributed by atoms with Gasteiger partial charge in [-0.3, -0.25) is 0 Å². The van der Waals surface area contributed by atoms with Crippen LogP contribution >= 0.6 is 11.6 Å². The number of fused-ring (bicyclic) bond motifs is 1. The first-order valence-electron chi connectivity index (χ1n) is 12.1. The molecule has 36 heavy (non-hydrogen) atoms. The van der Waals surface area contributed by atoms with Gasteiger partial charge in [0.2, 0.25) is 5.88 Å². The highest BCUT2D eigenvalue weighted by atomic mass is 35.5. The zero-order valence-electron chi connectivity index (χ0n) is 20.3. The standard InChI is InChI=1S/C27H28ClN5O3/c1-33-9-7-16(8-10-33)20-13-24-21(11-17(20)15-29)25(14-26(31-24)35-2)36-19-5-6-23(22(28)12-19)32-27(34)30-18-3-4-18/h5-6,11-14,16,18H,3-4,7-10H2,1-2H3,(H2,30,32,34). The van der Waals surface area contributed by atoms with E-state index < -0.39 is 0 Å². The molecule has 2 heterocycles. The first-order valence-corrected chi connectivity index (χ1v) is 12.5. The minimum absolute atomic E-state index is 0.250. The quantitative estimate of drug-likeness (QED) is 0.449. The lowest BCUT2D eigenvalue weighted by molar-refractivity contribution is 0.251. The van der Waals surface area contributed by atoms with Crippen molar-refractivity contribution in [2.75, 3.05) is 32.6 Å². The molecule has 0 radical (unpaired) electrons. The van der Waals surface area contributed by atoms with Crippen LogP contribution in [0.25, 0.3) is 10.9 Å². The van der Waals surface area contributed by atoms with Gasteiger partial charge in [-0.1, -0.05) is 11.6 Å². The third kappa shape index (κ3) is 5.32. The fourth-order valence-electron chi connectivity index (χ4n) is 4.54. The molecule has 1 saturated carbocycles. The largest absolute Gasteiger partial charge is 0.481 e. The van der Waals surface area contributed by atoms with E-state index in [0.29, 0.717) is 50.5 Å². The Morgan fingerprint density at radius 1 is 1.17 bits per heavy atom. The number of hydrogen-bond acceptors (Lipinski definition) is 6. The third-order valence-corrected chi connectivity index (χ3v) is 7.05. The predicted molar refractivity (Wildman–Crippen MR) is 139 cm³/mol. The van der Waals surface area contributed by atoms with Gasteiger partial charge in [0, 0.05) is 23.6 Å². The van der Waals surface area contributed by atoms with Crippen LogP contribution in [0.3, 0.4) is 0 Å². The number of carbonyl (C=O) groups is 1. The van der Waals surface area contributed by atoms with Gasteiger partial charge in [0.1, 0.15) is 11.5 Å². The molecule has 0 atom stereocenters. The summed E-state index contributed by atoms with van der Waals surface area (Å²) in [6, 6.07) is 13.0. The Balaban J connectivity index is 1.44. The lowest BCUT2D eigenvalue weighted by atomic mass is 9.86. The molecule has 186 valence electrons. The van der Waals surface area contributed by atoms with E-state index in [-0.39, 0.29) is 12.1 Å². The highest BCUT2D eigenvalue weighted by Crippen LogP contribution is 2.38. The Kier molecular flexibility index (Phi) is 6.86. The molecule has 8 nitrogen and oxygen atoms in total. The monoisotopic (exact) mass is 505 g/mol. The van der Waals surface area contributed by atoms with Crippen molar-refractivity contribution in [3.05, 3.63) is 52.5 Å². The van der Waals surface area contributed by atoms with Crippen molar-refractivity contribution in [1.29, 1.82) is 5.26 Å². The molecular formula is C27H28ClN5O3. The fraction of sp³-hybridized carbons (Fsp3) is 0.370. The summed E-state index contributed by atoms with van der Waals surface area (Å²) in [5.74, 6) is 1.72. The average molecular weight is 506 g/mol. The number of hydrogen-bond donors (Lipinski definition) is 2. The van der Waals surface area contributed by atoms with Crippen molar-refractivity contribution >= 4 is 34.2 Å². The Hall–Kier alpha value is -3.54. The second-order valence-corrected chi connectivity index (χ2v) is 9.83. The van der Waals surface area contributed by atoms with Crippen molar-refractivity contribution in [3.8, 4) is 23.4 Å². The number of nitrogens with zero attached hydrogens (tertiary/aromatic N) is 3. The van der Waals surface area contributed by atoms with E-state index in [1.807, 2.05) is 12.1 Å². The number of piperidine rings is 1. The molecular weight excluding hydrogens is 478 g/mol. The van der Waals surface area contributed by atoms with Crippen LogP contribution in [0.4, 0.5) is 10.5 Å². The molecule has 1 saturated heterocycles. The number of amides is 2. The van der Waals surface area contributed by atoms with Crippen LogP contribution in [0.5, 0.6) is 17.4 Å². The number of urea groups is 1. The lowest BCUT2D eigenvalue weighted by Gasteiger charge is -2.29. The normalized spacial score (nSPS) is 16.4. The number of rotatable bonds is 6. The summed E-state index contributed by atoms with van der Waals surface area (Å²) in [4.78, 5) is 19.0. The van der Waals surface area contributed by atoms with Crippen LogP contribution in [0.1, 0.15) is 42.7 Å². The van der Waals surface area contributed by atoms with Crippen LogP contribution in [0.2, 0.25) is 5.02 Å². The van der Waals surface area contributed by atoms with Gasteiger partial charge in [-0.15, -0.1) is 0 Å². The van der Waals surface area contributed by atoms with E-state index in [0.717, 1.165) is 44.3 Å². The molecule has 0 spiro atoms. The van der Waals surface area contributed by atoms with Crippen molar-refractivity contribution in [1.82, 2.24) is 15.2 Å². The van der Waals surface area contributed by atoms with Crippen LogP contribution in [-0.2, 0) is 0 Å². The maximum atomic E-state index is 12.1. The predicted octanol–water partition coefficient (Wildman–Crippen LogP) is 5.65. The molecule has 1 aliphatic heterocycles. The van der Waals surface area contributed by atoms with Crippen molar-refractivity contribution in [3.63, 3.8) is 0 Å². The first-order chi connectivity index (χ1) is 17.4. The van der Waals surface area contributed by atoms with E-state index >= 15 is 0 Å². The van der Waals surface area contributed by atoms with E-state index in [2.05, 4.69) is 33.6 Å². The molecule has 1 aliphatic carbocycles. The Bertz CT molecular complexity index is 1340. The minimum atomic E-state index is -0.276. The molecule has 0 unspecified atom stereocenters. The molecule has 9 heteroatoms. The number of benzene rings is 2. The minimum Gasteiger partial charge on any atom is -0.481 e. The van der Waals surface area contributed by atoms with Gasteiger partial charge in [-0.25, -0.2) is 9.78 Å². The van der Waals surface area contributed by atoms with Crippen LogP contribution in [-0.4, -0.2) is 49.2 Å². The van der Waals surface area contributed by atoms with Gasteiger partial charge in [0.15, 0.2) is 0 Å². The summed E-state index contributed by atoms with van der Waals surface area (Å²) in [5.41, 5.74) is 2.85. The topological polar surface area (TPSA) is 99.5 Å². The lowest BCUT2D eigenvalue weighted by Crippen LogP contribution is -2.30. The van der Waals surface area contributed by atoms with E-state index in [1.165, 1.54) is 0 Å².